The van der Waals surface area contributed by atoms with Crippen LogP contribution in [0.4, 0.5) is 5.69 Å². The Labute approximate surface area is 140 Å². The molecule has 0 unspecified atom stereocenters. The van der Waals surface area contributed by atoms with Crippen LogP contribution in [0.2, 0.25) is 0 Å². The van der Waals surface area contributed by atoms with E-state index in [9.17, 15) is 4.79 Å². The minimum absolute atomic E-state index is 0.194. The Hall–Kier alpha value is -0.850. The van der Waals surface area contributed by atoms with Crippen molar-refractivity contribution in [1.29, 1.82) is 0 Å². The van der Waals surface area contributed by atoms with Crippen LogP contribution < -0.4 is 15.0 Å². The molecule has 2 aliphatic heterocycles. The molecule has 6 heteroatoms. The number of benzene rings is 1. The van der Waals surface area contributed by atoms with Gasteiger partial charge in [0.2, 0.25) is 5.91 Å². The van der Waals surface area contributed by atoms with E-state index in [2.05, 4.69) is 5.32 Å². The van der Waals surface area contributed by atoms with E-state index >= 15 is 0 Å². The zero-order valence-corrected chi connectivity index (χ0v) is 14.4. The summed E-state index contributed by atoms with van der Waals surface area (Å²) in [6.07, 6.45) is 0.586. The molecule has 0 saturated carbocycles. The molecule has 4 nitrogen and oxygen atoms in total. The van der Waals surface area contributed by atoms with Crippen molar-refractivity contribution in [2.24, 2.45) is 0 Å². The summed E-state index contributed by atoms with van der Waals surface area (Å²) in [6.45, 7) is 0.748. The maximum Gasteiger partial charge on any atom is 0.228 e. The number of nitrogens with one attached hydrogen (secondary N) is 1. The van der Waals surface area contributed by atoms with Gasteiger partial charge in [-0.1, -0.05) is 6.07 Å². The molecule has 1 aromatic carbocycles. The van der Waals surface area contributed by atoms with E-state index in [4.69, 9.17) is 4.74 Å². The number of carbonyl (C=O) groups is 1. The van der Waals surface area contributed by atoms with Crippen LogP contribution in [0.1, 0.15) is 6.42 Å². The number of carbonyl (C=O) groups excluding carboxylic acids is 1. The van der Waals surface area contributed by atoms with Gasteiger partial charge in [-0.05, 0) is 12.1 Å². The number of thioether (sulfide) groups is 2. The molecule has 0 spiro atoms. The maximum atomic E-state index is 12.3. The quantitative estimate of drug-likeness (QED) is 0.912. The van der Waals surface area contributed by atoms with E-state index < -0.39 is 0 Å². The highest BCUT2D eigenvalue weighted by molar-refractivity contribution is 8.03. The van der Waals surface area contributed by atoms with Gasteiger partial charge in [-0.25, -0.2) is 0 Å². The lowest BCUT2D eigenvalue weighted by molar-refractivity contribution is -0.117. The molecule has 0 bridgehead atoms. The first-order valence-electron chi connectivity index (χ1n) is 7.62. The second-order valence-electron chi connectivity index (χ2n) is 5.62. The van der Waals surface area contributed by atoms with E-state index in [0.29, 0.717) is 12.5 Å². The van der Waals surface area contributed by atoms with Gasteiger partial charge in [0.15, 0.2) is 0 Å². The third-order valence-corrected chi connectivity index (χ3v) is 6.49. The van der Waals surface area contributed by atoms with Crippen LogP contribution in [0.5, 0.6) is 5.75 Å². The minimum atomic E-state index is 0.194. The van der Waals surface area contributed by atoms with Gasteiger partial charge in [0.05, 0.1) is 7.11 Å². The Morgan fingerprint density at radius 2 is 2.00 bits per heavy atom. The molecule has 0 aliphatic carbocycles. The van der Waals surface area contributed by atoms with Crippen LogP contribution >= 0.6 is 23.5 Å². The van der Waals surface area contributed by atoms with Gasteiger partial charge in [0.25, 0.3) is 0 Å². The predicted molar refractivity (Wildman–Crippen MR) is 95.3 cm³/mol. The van der Waals surface area contributed by atoms with E-state index in [1.807, 2.05) is 52.7 Å². The van der Waals surface area contributed by atoms with Gasteiger partial charge >= 0.3 is 0 Å². The first-order chi connectivity index (χ1) is 10.8. The first-order valence-corrected chi connectivity index (χ1v) is 9.93. The standard InChI is InChI=1S/C16H22N2O2S2/c1-20-15-4-2-3-14(8-15)18-9-12(7-16(18)19)17-13-10-21-5-6-22-11-13/h2-4,8,12-13,17H,5-7,9-11H2,1H3/t12-/m1/s1. The molecule has 2 saturated heterocycles. The second kappa shape index (κ2) is 7.62. The Morgan fingerprint density at radius 3 is 2.73 bits per heavy atom. The summed E-state index contributed by atoms with van der Waals surface area (Å²) >= 11 is 4.02. The molecule has 1 N–H and O–H groups in total. The average Bonchev–Trinajstić information content (AvgIpc) is 2.74. The van der Waals surface area contributed by atoms with Gasteiger partial charge in [-0.2, -0.15) is 23.5 Å². The summed E-state index contributed by atoms with van der Waals surface area (Å²) in [5.41, 5.74) is 0.929. The number of hydrogen-bond donors (Lipinski definition) is 1. The minimum Gasteiger partial charge on any atom is -0.497 e. The molecule has 3 rings (SSSR count). The maximum absolute atomic E-state index is 12.3. The summed E-state index contributed by atoms with van der Waals surface area (Å²) in [4.78, 5) is 14.2. The van der Waals surface area contributed by atoms with Crippen molar-refractivity contribution in [3.8, 4) is 5.75 Å². The smallest absolute Gasteiger partial charge is 0.228 e. The van der Waals surface area contributed by atoms with E-state index in [-0.39, 0.29) is 11.9 Å². The number of methoxy groups -OCH3 is 1. The van der Waals surface area contributed by atoms with E-state index in [0.717, 1.165) is 29.5 Å². The van der Waals surface area contributed by atoms with Gasteiger partial charge < -0.3 is 15.0 Å². The largest absolute Gasteiger partial charge is 0.497 e. The van der Waals surface area contributed by atoms with Gasteiger partial charge in [0.1, 0.15) is 5.75 Å². The van der Waals surface area contributed by atoms with Crippen LogP contribution in [0.25, 0.3) is 0 Å². The highest BCUT2D eigenvalue weighted by Crippen LogP contribution is 2.26. The summed E-state index contributed by atoms with van der Waals surface area (Å²) in [6, 6.07) is 8.50. The van der Waals surface area contributed by atoms with Crippen LogP contribution in [-0.4, -0.2) is 54.7 Å². The Kier molecular flexibility index (Phi) is 5.55. The predicted octanol–water partition coefficient (Wildman–Crippen LogP) is 2.24. The lowest BCUT2D eigenvalue weighted by atomic mass is 10.2. The van der Waals surface area contributed by atoms with Gasteiger partial charge in [0, 0.05) is 59.8 Å². The lowest BCUT2D eigenvalue weighted by Crippen LogP contribution is -2.42. The molecular weight excluding hydrogens is 316 g/mol. The molecule has 1 atom stereocenters. The fraction of sp³-hybridized carbons (Fsp3) is 0.562. The van der Waals surface area contributed by atoms with Crippen molar-refractivity contribution in [2.45, 2.75) is 18.5 Å². The Balaban J connectivity index is 1.62. The normalized spacial score (nSPS) is 23.6. The second-order valence-corrected chi connectivity index (χ2v) is 7.92. The van der Waals surface area contributed by atoms with Crippen molar-refractivity contribution >= 4 is 35.1 Å². The summed E-state index contributed by atoms with van der Waals surface area (Å²) in [7, 11) is 1.65. The fourth-order valence-corrected chi connectivity index (χ4v) is 5.32. The highest BCUT2D eigenvalue weighted by Gasteiger charge is 2.32. The summed E-state index contributed by atoms with van der Waals surface area (Å²) in [5.74, 6) is 5.76. The lowest BCUT2D eigenvalue weighted by Gasteiger charge is -2.21. The van der Waals surface area contributed by atoms with Crippen molar-refractivity contribution in [2.75, 3.05) is 41.6 Å². The number of nitrogens with zero attached hydrogens (tertiary/aromatic N) is 1. The molecule has 1 amide bonds. The molecule has 2 heterocycles. The number of hydrogen-bond acceptors (Lipinski definition) is 5. The third kappa shape index (κ3) is 3.91. The highest BCUT2D eigenvalue weighted by atomic mass is 32.2. The molecule has 22 heavy (non-hydrogen) atoms. The summed E-state index contributed by atoms with van der Waals surface area (Å²) in [5, 5.41) is 3.68. The zero-order valence-electron chi connectivity index (χ0n) is 12.8. The Bertz CT molecular complexity index is 519. The Morgan fingerprint density at radius 1 is 1.23 bits per heavy atom. The SMILES string of the molecule is COc1cccc(N2C[C@H](NC3CSCCSC3)CC2=O)c1. The van der Waals surface area contributed by atoms with Crippen LogP contribution in [0, 0.1) is 0 Å². The first kappa shape index (κ1) is 16.0. The van der Waals surface area contributed by atoms with Crippen molar-refractivity contribution < 1.29 is 9.53 Å². The molecule has 2 fully saturated rings. The number of rotatable bonds is 4. The molecule has 0 aromatic heterocycles. The summed E-state index contributed by atoms with van der Waals surface area (Å²) < 4.78 is 5.25. The van der Waals surface area contributed by atoms with Gasteiger partial charge in [-0.15, -0.1) is 0 Å². The van der Waals surface area contributed by atoms with Crippen LogP contribution in [0.15, 0.2) is 24.3 Å². The average molecular weight is 338 g/mol. The number of amides is 1. The monoisotopic (exact) mass is 338 g/mol. The molecule has 120 valence electrons. The van der Waals surface area contributed by atoms with Crippen LogP contribution in [0.3, 0.4) is 0 Å². The van der Waals surface area contributed by atoms with Crippen molar-refractivity contribution in [3.05, 3.63) is 24.3 Å². The fourth-order valence-electron chi connectivity index (χ4n) is 2.89. The van der Waals surface area contributed by atoms with Gasteiger partial charge in [-0.3, -0.25) is 4.79 Å². The topological polar surface area (TPSA) is 41.6 Å². The molecule has 2 aliphatic rings. The third-order valence-electron chi connectivity index (χ3n) is 3.97. The zero-order chi connectivity index (χ0) is 15.4. The molecule has 1 aromatic rings. The number of ether oxygens (including phenoxy) is 1. The van der Waals surface area contributed by atoms with Crippen molar-refractivity contribution in [1.82, 2.24) is 5.32 Å². The number of anilines is 1. The molecule has 0 radical (unpaired) electrons. The van der Waals surface area contributed by atoms with E-state index in [1.165, 1.54) is 11.5 Å². The van der Waals surface area contributed by atoms with Crippen LogP contribution in [-0.2, 0) is 4.79 Å². The van der Waals surface area contributed by atoms with Crippen molar-refractivity contribution in [3.63, 3.8) is 0 Å². The molecular formula is C16H22N2O2S2. The van der Waals surface area contributed by atoms with E-state index in [1.54, 1.807) is 7.11 Å².